The number of anilines is 1. The van der Waals surface area contributed by atoms with E-state index in [2.05, 4.69) is 15.3 Å². The highest BCUT2D eigenvalue weighted by Gasteiger charge is 2.18. The second-order valence-corrected chi connectivity index (χ2v) is 7.44. The number of carboxylic acids is 1. The molecule has 0 radical (unpaired) electrons. The van der Waals surface area contributed by atoms with Crippen molar-refractivity contribution >= 4 is 33.6 Å². The van der Waals surface area contributed by atoms with E-state index in [9.17, 15) is 13.2 Å². The summed E-state index contributed by atoms with van der Waals surface area (Å²) in [5.74, 6) is -0.952. The third-order valence-corrected chi connectivity index (χ3v) is 4.90. The monoisotopic (exact) mass is 396 g/mol. The molecule has 26 heavy (non-hydrogen) atoms. The number of nitrogens with two attached hydrogens (primary N) is 2. The Bertz CT molecular complexity index is 1060. The van der Waals surface area contributed by atoms with Crippen LogP contribution in [0.25, 0.3) is 17.1 Å². The maximum Gasteiger partial charge on any atom is 0.314 e. The third-order valence-electron chi connectivity index (χ3n) is 3.17. The molecule has 5 N–H and O–H groups in total. The molecule has 3 aromatic rings. The van der Waals surface area contributed by atoms with Gasteiger partial charge in [0, 0.05) is 0 Å². The van der Waals surface area contributed by atoms with Crippen molar-refractivity contribution in [2.75, 3.05) is 11.5 Å². The van der Waals surface area contributed by atoms with E-state index in [0.717, 1.165) is 11.8 Å². The van der Waals surface area contributed by atoms with Gasteiger partial charge in [-0.15, -0.1) is 10.2 Å². The number of aromatic nitrogens is 4. The Morgan fingerprint density at radius 3 is 2.58 bits per heavy atom. The van der Waals surface area contributed by atoms with Gasteiger partial charge < -0.3 is 15.3 Å². The minimum atomic E-state index is -3.80. The fourth-order valence-electron chi connectivity index (χ4n) is 2.01. The number of carbonyl (C=O) groups is 1. The largest absolute Gasteiger partial charge is 0.481 e. The topological polar surface area (TPSA) is 180 Å². The van der Waals surface area contributed by atoms with Gasteiger partial charge in [0.05, 0.1) is 16.8 Å². The zero-order valence-corrected chi connectivity index (χ0v) is 14.6. The molecule has 13 heteroatoms. The molecule has 0 aliphatic carbocycles. The first-order chi connectivity index (χ1) is 12.3. The minimum absolute atomic E-state index is 0.0378. The van der Waals surface area contributed by atoms with Crippen molar-refractivity contribution < 1.29 is 22.7 Å². The number of aliphatic carboxylic acids is 1. The van der Waals surface area contributed by atoms with Crippen LogP contribution >= 0.6 is 11.8 Å². The van der Waals surface area contributed by atoms with Crippen LogP contribution < -0.4 is 10.9 Å². The van der Waals surface area contributed by atoms with Gasteiger partial charge in [0.1, 0.15) is 17.1 Å². The van der Waals surface area contributed by atoms with Crippen LogP contribution in [0.5, 0.6) is 0 Å². The summed E-state index contributed by atoms with van der Waals surface area (Å²) in [7, 11) is -3.80. The summed E-state index contributed by atoms with van der Waals surface area (Å²) in [5, 5.41) is 25.5. The zero-order chi connectivity index (χ0) is 18.9. The van der Waals surface area contributed by atoms with Gasteiger partial charge in [-0.2, -0.15) is 5.10 Å². The van der Waals surface area contributed by atoms with E-state index in [1.807, 2.05) is 0 Å². The van der Waals surface area contributed by atoms with Crippen LogP contribution in [0.2, 0.25) is 0 Å². The lowest BCUT2D eigenvalue weighted by Crippen LogP contribution is -2.12. The predicted octanol–water partition coefficient (Wildman–Crippen LogP) is 0.329. The Hall–Kier alpha value is -2.90. The smallest absolute Gasteiger partial charge is 0.314 e. The number of thioether (sulfide) groups is 1. The summed E-state index contributed by atoms with van der Waals surface area (Å²) >= 11 is 0.880. The molecule has 0 atom stereocenters. The van der Waals surface area contributed by atoms with E-state index in [1.165, 1.54) is 35.1 Å². The van der Waals surface area contributed by atoms with Gasteiger partial charge >= 0.3 is 5.97 Å². The molecule has 2 aromatic heterocycles. The molecular formula is C13H12N6O5S2. The van der Waals surface area contributed by atoms with E-state index in [4.69, 9.17) is 20.4 Å². The van der Waals surface area contributed by atoms with Gasteiger partial charge in [0.15, 0.2) is 0 Å². The lowest BCUT2D eigenvalue weighted by molar-refractivity contribution is -0.133. The molecule has 0 saturated heterocycles. The Balaban J connectivity index is 1.87. The summed E-state index contributed by atoms with van der Waals surface area (Å²) in [6.07, 6.45) is 1.40. The summed E-state index contributed by atoms with van der Waals surface area (Å²) in [5.41, 5.74) is 6.91. The van der Waals surface area contributed by atoms with Crippen molar-refractivity contribution in [1.29, 1.82) is 0 Å². The number of nitrogen functional groups attached to an aromatic ring is 1. The van der Waals surface area contributed by atoms with E-state index >= 15 is 0 Å². The summed E-state index contributed by atoms with van der Waals surface area (Å²) < 4.78 is 29.3. The molecule has 0 aliphatic heterocycles. The lowest BCUT2D eigenvalue weighted by atomic mass is 10.3. The number of sulfonamides is 1. The van der Waals surface area contributed by atoms with Gasteiger partial charge in [-0.25, -0.2) is 18.2 Å². The Kier molecular flexibility index (Phi) is 4.67. The molecule has 0 spiro atoms. The highest BCUT2D eigenvalue weighted by molar-refractivity contribution is 7.99. The molecule has 0 amide bonds. The first-order valence-corrected chi connectivity index (χ1v) is 9.44. The third kappa shape index (κ3) is 3.68. The summed E-state index contributed by atoms with van der Waals surface area (Å²) in [6, 6.07) is 5.65. The van der Waals surface area contributed by atoms with Crippen molar-refractivity contribution in [2.24, 2.45) is 5.14 Å². The molecule has 11 nitrogen and oxygen atoms in total. The molecule has 0 bridgehead atoms. The quantitative estimate of drug-likeness (QED) is 0.491. The van der Waals surface area contributed by atoms with Crippen LogP contribution in [-0.4, -0.2) is 45.2 Å². The van der Waals surface area contributed by atoms with Gasteiger partial charge in [-0.05, 0) is 24.3 Å². The molecular weight excluding hydrogens is 384 g/mol. The second kappa shape index (κ2) is 6.78. The van der Waals surface area contributed by atoms with Crippen LogP contribution in [0.4, 0.5) is 5.82 Å². The summed E-state index contributed by atoms with van der Waals surface area (Å²) in [4.78, 5) is 10.5. The molecule has 0 saturated carbocycles. The van der Waals surface area contributed by atoms with Crippen LogP contribution in [0, 0.1) is 0 Å². The van der Waals surface area contributed by atoms with Crippen LogP contribution in [0.3, 0.4) is 0 Å². The number of benzene rings is 1. The lowest BCUT2D eigenvalue weighted by Gasteiger charge is -2.05. The second-order valence-electron chi connectivity index (χ2n) is 4.95. The number of rotatable bonds is 6. The fraction of sp³-hybridized carbons (Fsp3) is 0.0769. The Morgan fingerprint density at radius 2 is 1.96 bits per heavy atom. The van der Waals surface area contributed by atoms with Gasteiger partial charge in [0.25, 0.3) is 11.1 Å². The fourth-order valence-corrected chi connectivity index (χ4v) is 3.00. The van der Waals surface area contributed by atoms with Gasteiger partial charge in [-0.1, -0.05) is 11.8 Å². The molecule has 0 aliphatic rings. The first kappa shape index (κ1) is 17.9. The molecule has 0 unspecified atom stereocenters. The molecule has 3 rings (SSSR count). The summed E-state index contributed by atoms with van der Waals surface area (Å²) in [6.45, 7) is 0. The number of hydrogen-bond acceptors (Lipinski definition) is 9. The van der Waals surface area contributed by atoms with Crippen molar-refractivity contribution in [3.05, 3.63) is 30.5 Å². The standard InChI is InChI=1S/C13H12N6O5S2/c14-11-9(12-17-18-13(24-12)25-6-10(20)21)5-16-19(11)7-1-3-8(4-2-7)26(15,22)23/h1-5H,6,14H2,(H,20,21)(H2,15,22,23). The zero-order valence-electron chi connectivity index (χ0n) is 12.9. The predicted molar refractivity (Wildman–Crippen MR) is 91.0 cm³/mol. The number of primary sulfonamides is 1. The minimum Gasteiger partial charge on any atom is -0.481 e. The first-order valence-electron chi connectivity index (χ1n) is 6.91. The Morgan fingerprint density at radius 1 is 1.27 bits per heavy atom. The number of carboxylic acid groups (broad SMARTS) is 1. The Labute approximate surface area is 151 Å². The highest BCUT2D eigenvalue weighted by atomic mass is 32.2. The van der Waals surface area contributed by atoms with Gasteiger partial charge in [-0.3, -0.25) is 4.79 Å². The van der Waals surface area contributed by atoms with E-state index < -0.39 is 16.0 Å². The average Bonchev–Trinajstić information content (AvgIpc) is 3.18. The number of hydrogen-bond donors (Lipinski definition) is 3. The van der Waals surface area contributed by atoms with Crippen molar-refractivity contribution in [3.8, 4) is 17.1 Å². The average molecular weight is 396 g/mol. The molecule has 2 heterocycles. The molecule has 0 fully saturated rings. The van der Waals surface area contributed by atoms with E-state index in [-0.39, 0.29) is 27.6 Å². The SMILES string of the molecule is Nc1c(-c2nnc(SCC(=O)O)o2)cnn1-c1ccc(S(N)(=O)=O)cc1. The van der Waals surface area contributed by atoms with Crippen molar-refractivity contribution in [1.82, 2.24) is 20.0 Å². The van der Waals surface area contributed by atoms with Crippen LogP contribution in [0.15, 0.2) is 45.0 Å². The maximum atomic E-state index is 11.3. The van der Waals surface area contributed by atoms with Crippen LogP contribution in [0.1, 0.15) is 0 Å². The number of nitrogens with zero attached hydrogens (tertiary/aromatic N) is 4. The van der Waals surface area contributed by atoms with Crippen molar-refractivity contribution in [2.45, 2.75) is 10.1 Å². The molecule has 136 valence electrons. The molecule has 1 aromatic carbocycles. The van der Waals surface area contributed by atoms with E-state index in [1.54, 1.807) is 0 Å². The normalized spacial score (nSPS) is 11.6. The van der Waals surface area contributed by atoms with Gasteiger partial charge in [0.2, 0.25) is 10.0 Å². The highest BCUT2D eigenvalue weighted by Crippen LogP contribution is 2.29. The van der Waals surface area contributed by atoms with E-state index in [0.29, 0.717) is 11.3 Å². The maximum absolute atomic E-state index is 11.3. The van der Waals surface area contributed by atoms with Crippen molar-refractivity contribution in [3.63, 3.8) is 0 Å². The van der Waals surface area contributed by atoms with Crippen LogP contribution in [-0.2, 0) is 14.8 Å².